The van der Waals surface area contributed by atoms with Crippen molar-refractivity contribution in [3.8, 4) is 0 Å². The van der Waals surface area contributed by atoms with Gasteiger partial charge in [0.15, 0.2) is 0 Å². The molecule has 0 radical (unpaired) electrons. The van der Waals surface area contributed by atoms with E-state index in [1.165, 1.54) is 19.3 Å². The van der Waals surface area contributed by atoms with Crippen LogP contribution in [0.15, 0.2) is 4.52 Å². The van der Waals surface area contributed by atoms with Gasteiger partial charge in [-0.1, -0.05) is 6.92 Å². The highest BCUT2D eigenvalue weighted by molar-refractivity contribution is 5.27. The Kier molecular flexibility index (Phi) is 3.77. The largest absolute Gasteiger partial charge is 0.393 e. The lowest BCUT2D eigenvalue weighted by atomic mass is 10.1. The van der Waals surface area contributed by atoms with Crippen molar-refractivity contribution < 1.29 is 9.63 Å². The minimum Gasteiger partial charge on any atom is -0.393 e. The van der Waals surface area contributed by atoms with Crippen molar-refractivity contribution in [3.63, 3.8) is 0 Å². The Hall–Kier alpha value is -1.10. The first-order valence-electron chi connectivity index (χ1n) is 6.05. The fraction of sp³-hybridized carbons (Fsp3) is 0.818. The first-order chi connectivity index (χ1) is 7.79. The van der Waals surface area contributed by atoms with Crippen LogP contribution in [0.1, 0.15) is 38.5 Å². The average molecular weight is 225 g/mol. The van der Waals surface area contributed by atoms with Crippen molar-refractivity contribution in [2.45, 2.75) is 45.1 Å². The quantitative estimate of drug-likeness (QED) is 0.838. The molecule has 1 N–H and O–H groups in total. The third-order valence-electron chi connectivity index (χ3n) is 2.98. The minimum absolute atomic E-state index is 0.380. The average Bonchev–Trinajstić information content (AvgIpc) is 2.78. The standard InChI is InChI=1S/C11H19N3O2/c1-2-9(15)8-10-12-11(13-16-10)14-6-4-3-5-7-14/h9,15H,2-8H2,1H3. The highest BCUT2D eigenvalue weighted by Crippen LogP contribution is 2.16. The van der Waals surface area contributed by atoms with Gasteiger partial charge < -0.3 is 14.5 Å². The topological polar surface area (TPSA) is 62.4 Å². The van der Waals surface area contributed by atoms with E-state index < -0.39 is 0 Å². The molecule has 16 heavy (non-hydrogen) atoms. The first-order valence-corrected chi connectivity index (χ1v) is 6.05. The van der Waals surface area contributed by atoms with Crippen LogP contribution in [0.5, 0.6) is 0 Å². The molecule has 1 atom stereocenters. The predicted molar refractivity (Wildman–Crippen MR) is 60.4 cm³/mol. The molecule has 1 unspecified atom stereocenters. The van der Waals surface area contributed by atoms with Gasteiger partial charge in [-0.3, -0.25) is 0 Å². The number of aliphatic hydroxyl groups excluding tert-OH is 1. The Labute approximate surface area is 95.4 Å². The van der Waals surface area contributed by atoms with Crippen molar-refractivity contribution in [2.75, 3.05) is 18.0 Å². The summed E-state index contributed by atoms with van der Waals surface area (Å²) in [7, 11) is 0. The van der Waals surface area contributed by atoms with Gasteiger partial charge in [0.2, 0.25) is 5.89 Å². The normalized spacial score (nSPS) is 18.8. The second-order valence-electron chi connectivity index (χ2n) is 4.30. The number of aromatic nitrogens is 2. The van der Waals surface area contributed by atoms with Crippen LogP contribution >= 0.6 is 0 Å². The Morgan fingerprint density at radius 1 is 1.38 bits per heavy atom. The van der Waals surface area contributed by atoms with Gasteiger partial charge in [0, 0.05) is 13.1 Å². The molecule has 0 saturated carbocycles. The summed E-state index contributed by atoms with van der Waals surface area (Å²) in [6, 6.07) is 0. The number of piperidine rings is 1. The molecule has 5 heteroatoms. The lowest BCUT2D eigenvalue weighted by molar-refractivity contribution is 0.158. The number of aliphatic hydroxyl groups is 1. The van der Waals surface area contributed by atoms with Gasteiger partial charge in [-0.2, -0.15) is 4.98 Å². The zero-order valence-corrected chi connectivity index (χ0v) is 9.72. The molecule has 0 aliphatic carbocycles. The van der Waals surface area contributed by atoms with E-state index in [1.54, 1.807) is 0 Å². The summed E-state index contributed by atoms with van der Waals surface area (Å²) >= 11 is 0. The highest BCUT2D eigenvalue weighted by Gasteiger charge is 2.17. The molecule has 2 heterocycles. The predicted octanol–water partition coefficient (Wildman–Crippen LogP) is 1.37. The van der Waals surface area contributed by atoms with Gasteiger partial charge in [0.25, 0.3) is 5.95 Å². The fourth-order valence-corrected chi connectivity index (χ4v) is 1.90. The molecular formula is C11H19N3O2. The van der Waals surface area contributed by atoms with Gasteiger partial charge in [0.05, 0.1) is 12.5 Å². The van der Waals surface area contributed by atoms with Crippen LogP contribution in [0, 0.1) is 0 Å². The van der Waals surface area contributed by atoms with Gasteiger partial charge in [-0.05, 0) is 30.8 Å². The van der Waals surface area contributed by atoms with Crippen LogP contribution < -0.4 is 4.90 Å². The van der Waals surface area contributed by atoms with E-state index in [2.05, 4.69) is 15.0 Å². The molecule has 0 amide bonds. The fourth-order valence-electron chi connectivity index (χ4n) is 1.90. The lowest BCUT2D eigenvalue weighted by Crippen LogP contribution is -2.30. The number of anilines is 1. The van der Waals surface area contributed by atoms with E-state index in [9.17, 15) is 5.11 Å². The first kappa shape index (κ1) is 11.4. The molecule has 0 aromatic carbocycles. The van der Waals surface area contributed by atoms with Crippen LogP contribution in [0.2, 0.25) is 0 Å². The van der Waals surface area contributed by atoms with Crippen molar-refractivity contribution in [1.29, 1.82) is 0 Å². The van der Waals surface area contributed by atoms with E-state index >= 15 is 0 Å². The summed E-state index contributed by atoms with van der Waals surface area (Å²) in [4.78, 5) is 6.46. The third kappa shape index (κ3) is 2.72. The smallest absolute Gasteiger partial charge is 0.266 e. The second-order valence-corrected chi connectivity index (χ2v) is 4.30. The second kappa shape index (κ2) is 5.30. The maximum atomic E-state index is 9.49. The molecule has 90 valence electrons. The van der Waals surface area contributed by atoms with Crippen molar-refractivity contribution in [1.82, 2.24) is 10.1 Å². The molecule has 0 bridgehead atoms. The van der Waals surface area contributed by atoms with E-state index in [4.69, 9.17) is 4.52 Å². The van der Waals surface area contributed by atoms with Crippen LogP contribution in [-0.2, 0) is 6.42 Å². The Morgan fingerprint density at radius 2 is 2.12 bits per heavy atom. The molecule has 2 rings (SSSR count). The van der Waals surface area contributed by atoms with Crippen LogP contribution in [0.3, 0.4) is 0 Å². The van der Waals surface area contributed by atoms with Crippen LogP contribution in [-0.4, -0.2) is 34.4 Å². The molecule has 1 aliphatic heterocycles. The molecule has 1 fully saturated rings. The van der Waals surface area contributed by atoms with Gasteiger partial charge in [-0.15, -0.1) is 0 Å². The van der Waals surface area contributed by atoms with E-state index in [1.807, 2.05) is 6.92 Å². The maximum absolute atomic E-state index is 9.49. The summed E-state index contributed by atoms with van der Waals surface area (Å²) in [6.45, 7) is 3.96. The number of hydrogen-bond donors (Lipinski definition) is 1. The highest BCUT2D eigenvalue weighted by atomic mass is 16.5. The molecule has 1 aromatic heterocycles. The maximum Gasteiger partial charge on any atom is 0.266 e. The van der Waals surface area contributed by atoms with Crippen molar-refractivity contribution >= 4 is 5.95 Å². The zero-order valence-electron chi connectivity index (χ0n) is 9.72. The molecule has 1 aromatic rings. The number of hydrogen-bond acceptors (Lipinski definition) is 5. The molecule has 1 saturated heterocycles. The van der Waals surface area contributed by atoms with Crippen molar-refractivity contribution in [3.05, 3.63) is 5.89 Å². The minimum atomic E-state index is -0.380. The Bertz CT molecular complexity index is 321. The Balaban J connectivity index is 1.95. The summed E-state index contributed by atoms with van der Waals surface area (Å²) in [5.74, 6) is 1.22. The molecule has 1 aliphatic rings. The number of nitrogens with zero attached hydrogens (tertiary/aromatic N) is 3. The monoisotopic (exact) mass is 225 g/mol. The van der Waals surface area contributed by atoms with Crippen LogP contribution in [0.25, 0.3) is 0 Å². The molecular weight excluding hydrogens is 206 g/mol. The molecule has 5 nitrogen and oxygen atoms in total. The third-order valence-corrected chi connectivity index (χ3v) is 2.98. The summed E-state index contributed by atoms with van der Waals surface area (Å²) in [6.07, 6.45) is 4.46. The lowest BCUT2D eigenvalue weighted by Gasteiger charge is -2.24. The summed E-state index contributed by atoms with van der Waals surface area (Å²) in [5.41, 5.74) is 0. The van der Waals surface area contributed by atoms with Gasteiger partial charge >= 0.3 is 0 Å². The van der Waals surface area contributed by atoms with E-state index in [0.29, 0.717) is 24.7 Å². The van der Waals surface area contributed by atoms with Crippen molar-refractivity contribution in [2.24, 2.45) is 0 Å². The number of rotatable bonds is 4. The SMILES string of the molecule is CCC(O)Cc1nc(N2CCCCC2)no1. The summed E-state index contributed by atoms with van der Waals surface area (Å²) in [5, 5.41) is 13.4. The molecule has 0 spiro atoms. The van der Waals surface area contributed by atoms with E-state index in [0.717, 1.165) is 13.1 Å². The van der Waals surface area contributed by atoms with Gasteiger partial charge in [-0.25, -0.2) is 0 Å². The summed E-state index contributed by atoms with van der Waals surface area (Å²) < 4.78 is 5.13. The van der Waals surface area contributed by atoms with Crippen LogP contribution in [0.4, 0.5) is 5.95 Å². The Morgan fingerprint density at radius 3 is 2.81 bits per heavy atom. The van der Waals surface area contributed by atoms with Gasteiger partial charge in [0.1, 0.15) is 0 Å². The van der Waals surface area contributed by atoms with E-state index in [-0.39, 0.29) is 6.10 Å². The zero-order chi connectivity index (χ0) is 11.4.